The fraction of sp³-hybridized carbons (Fsp3) is 0.929. The van der Waals surface area contributed by atoms with Crippen LogP contribution in [0.4, 0.5) is 0 Å². The van der Waals surface area contributed by atoms with Crippen LogP contribution < -0.4 is 10.6 Å². The molecule has 6 nitrogen and oxygen atoms in total. The van der Waals surface area contributed by atoms with Gasteiger partial charge in [-0.1, -0.05) is 13.8 Å². The summed E-state index contributed by atoms with van der Waals surface area (Å²) in [6.07, 6.45) is 0.458. The van der Waals surface area contributed by atoms with Crippen LogP contribution in [0, 0.1) is 5.92 Å². The second kappa shape index (κ2) is 5.97. The molecule has 4 N–H and O–H groups in total. The van der Waals surface area contributed by atoms with Crippen molar-refractivity contribution in [2.75, 3.05) is 19.6 Å². The van der Waals surface area contributed by atoms with Gasteiger partial charge in [0.15, 0.2) is 0 Å². The highest BCUT2D eigenvalue weighted by atomic mass is 16.3. The molecule has 0 saturated carbocycles. The quantitative estimate of drug-likeness (QED) is 0.535. The summed E-state index contributed by atoms with van der Waals surface area (Å²) in [5.74, 6) is 0.151. The number of aliphatic hydroxyl groups excluding tert-OH is 2. The highest BCUT2D eigenvalue weighted by Gasteiger charge is 2.57. The molecule has 2 rings (SSSR count). The van der Waals surface area contributed by atoms with E-state index < -0.39 is 18.4 Å². The van der Waals surface area contributed by atoms with E-state index in [0.717, 1.165) is 19.4 Å². The van der Waals surface area contributed by atoms with Gasteiger partial charge in [0.2, 0.25) is 5.91 Å². The first-order chi connectivity index (χ1) is 9.37. The van der Waals surface area contributed by atoms with E-state index >= 15 is 0 Å². The Morgan fingerprint density at radius 2 is 2.20 bits per heavy atom. The predicted octanol–water partition coefficient (Wildman–Crippen LogP) is -0.736. The molecule has 6 heteroatoms. The third-order valence-electron chi connectivity index (χ3n) is 4.32. The molecule has 1 amide bonds. The van der Waals surface area contributed by atoms with Crippen LogP contribution in [0.5, 0.6) is 0 Å². The Kier molecular flexibility index (Phi) is 4.69. The highest BCUT2D eigenvalue weighted by Crippen LogP contribution is 2.37. The van der Waals surface area contributed by atoms with Crippen LogP contribution in [-0.2, 0) is 4.79 Å². The van der Waals surface area contributed by atoms with Crippen LogP contribution in [0.2, 0.25) is 0 Å². The number of aliphatic hydroxyl groups is 2. The molecule has 2 saturated heterocycles. The monoisotopic (exact) mass is 285 g/mol. The van der Waals surface area contributed by atoms with Gasteiger partial charge in [-0.2, -0.15) is 0 Å². The fourth-order valence-corrected chi connectivity index (χ4v) is 3.19. The maximum Gasteiger partial charge on any atom is 0.240 e. The molecule has 0 aromatic rings. The molecule has 0 bridgehead atoms. The number of amides is 1. The summed E-state index contributed by atoms with van der Waals surface area (Å²) in [7, 11) is 0. The first-order valence-corrected chi connectivity index (χ1v) is 7.52. The minimum Gasteiger partial charge on any atom is -0.391 e. The summed E-state index contributed by atoms with van der Waals surface area (Å²) in [6, 6.07) is -0.684. The minimum atomic E-state index is -0.810. The highest BCUT2D eigenvalue weighted by molar-refractivity contribution is 5.82. The predicted molar refractivity (Wildman–Crippen MR) is 76.0 cm³/mol. The number of nitrogens with one attached hydrogen (secondary N) is 2. The van der Waals surface area contributed by atoms with Gasteiger partial charge in [0.05, 0.1) is 11.6 Å². The number of hydrogen-bond acceptors (Lipinski definition) is 5. The van der Waals surface area contributed by atoms with Crippen LogP contribution in [0.1, 0.15) is 33.6 Å². The molecule has 0 aromatic carbocycles. The average Bonchev–Trinajstić information content (AvgIpc) is 2.86. The SMILES string of the molecule is CC(C)CNC(=O)[C@H]([C@@H](C)O)N1CC2(CCCN2)C1O. The van der Waals surface area contributed by atoms with Gasteiger partial charge in [0.1, 0.15) is 12.3 Å². The maximum atomic E-state index is 12.2. The molecule has 2 aliphatic rings. The van der Waals surface area contributed by atoms with Crippen molar-refractivity contribution in [3.05, 3.63) is 0 Å². The zero-order valence-electron chi connectivity index (χ0n) is 12.6. The molecule has 0 aromatic heterocycles. The lowest BCUT2D eigenvalue weighted by atomic mass is 9.83. The summed E-state index contributed by atoms with van der Waals surface area (Å²) in [5, 5.41) is 26.4. The van der Waals surface area contributed by atoms with E-state index in [1.807, 2.05) is 13.8 Å². The van der Waals surface area contributed by atoms with E-state index in [0.29, 0.717) is 19.0 Å². The molecule has 2 aliphatic heterocycles. The summed E-state index contributed by atoms with van der Waals surface area (Å²) < 4.78 is 0. The van der Waals surface area contributed by atoms with Crippen LogP contribution in [0.15, 0.2) is 0 Å². The van der Waals surface area contributed by atoms with Gasteiger partial charge in [0, 0.05) is 13.1 Å². The molecule has 2 fully saturated rings. The molecule has 1 spiro atoms. The van der Waals surface area contributed by atoms with Gasteiger partial charge in [-0.25, -0.2) is 0 Å². The van der Waals surface area contributed by atoms with Gasteiger partial charge in [0.25, 0.3) is 0 Å². The molecule has 2 heterocycles. The molecular formula is C14H27N3O3. The van der Waals surface area contributed by atoms with Crippen LogP contribution in [0.25, 0.3) is 0 Å². The number of nitrogens with zero attached hydrogens (tertiary/aromatic N) is 1. The molecule has 4 atom stereocenters. The van der Waals surface area contributed by atoms with E-state index in [9.17, 15) is 15.0 Å². The number of hydrogen-bond donors (Lipinski definition) is 4. The lowest BCUT2D eigenvalue weighted by Crippen LogP contribution is -2.78. The van der Waals surface area contributed by atoms with Crippen LogP contribution in [-0.4, -0.2) is 64.6 Å². The second-order valence-corrected chi connectivity index (χ2v) is 6.56. The lowest BCUT2D eigenvalue weighted by Gasteiger charge is -2.56. The van der Waals surface area contributed by atoms with E-state index in [1.54, 1.807) is 11.8 Å². The lowest BCUT2D eigenvalue weighted by molar-refractivity contribution is -0.190. The molecule has 2 unspecified atom stereocenters. The van der Waals surface area contributed by atoms with Crippen molar-refractivity contribution in [3.8, 4) is 0 Å². The van der Waals surface area contributed by atoms with Gasteiger partial charge >= 0.3 is 0 Å². The first-order valence-electron chi connectivity index (χ1n) is 7.52. The van der Waals surface area contributed by atoms with E-state index in [2.05, 4.69) is 10.6 Å². The normalized spacial score (nSPS) is 33.2. The third-order valence-corrected chi connectivity index (χ3v) is 4.32. The van der Waals surface area contributed by atoms with Gasteiger partial charge < -0.3 is 20.8 Å². The largest absolute Gasteiger partial charge is 0.391 e. The van der Waals surface area contributed by atoms with Crippen LogP contribution in [0.3, 0.4) is 0 Å². The standard InChI is InChI=1S/C14H27N3O3/c1-9(2)7-15-12(19)11(10(3)18)17-8-14(13(17)20)5-4-6-16-14/h9-11,13,16,18,20H,4-8H2,1-3H3,(H,15,19)/t10-,11+,13?,14?/m1/s1. The summed E-state index contributed by atoms with van der Waals surface area (Å²) in [4.78, 5) is 13.9. The van der Waals surface area contributed by atoms with Crippen molar-refractivity contribution in [2.24, 2.45) is 5.92 Å². The smallest absolute Gasteiger partial charge is 0.240 e. The fourth-order valence-electron chi connectivity index (χ4n) is 3.19. The Morgan fingerprint density at radius 3 is 2.65 bits per heavy atom. The van der Waals surface area contributed by atoms with Gasteiger partial charge in [-0.15, -0.1) is 0 Å². The molecule has 0 radical (unpaired) electrons. The Labute approximate surface area is 120 Å². The zero-order valence-corrected chi connectivity index (χ0v) is 12.6. The second-order valence-electron chi connectivity index (χ2n) is 6.56. The minimum absolute atomic E-state index is 0.208. The Bertz CT molecular complexity index is 354. The topological polar surface area (TPSA) is 84.8 Å². The van der Waals surface area contributed by atoms with Gasteiger partial charge in [-0.3, -0.25) is 9.69 Å². The number of carbonyl (C=O) groups excluding carboxylic acids is 1. The first kappa shape index (κ1) is 15.7. The van der Waals surface area contributed by atoms with Crippen molar-refractivity contribution >= 4 is 5.91 Å². The number of carbonyl (C=O) groups is 1. The summed E-state index contributed by atoms with van der Waals surface area (Å²) in [5.41, 5.74) is -0.272. The van der Waals surface area contributed by atoms with Gasteiger partial charge in [-0.05, 0) is 32.2 Å². The summed E-state index contributed by atoms with van der Waals surface area (Å²) >= 11 is 0. The number of likely N-dealkylation sites (tertiary alicyclic amines) is 1. The molecule has 116 valence electrons. The van der Waals surface area contributed by atoms with Crippen molar-refractivity contribution in [3.63, 3.8) is 0 Å². The average molecular weight is 285 g/mol. The third kappa shape index (κ3) is 2.83. The maximum absolute atomic E-state index is 12.2. The zero-order chi connectivity index (χ0) is 14.9. The van der Waals surface area contributed by atoms with Crippen molar-refractivity contribution < 1.29 is 15.0 Å². The van der Waals surface area contributed by atoms with Crippen molar-refractivity contribution in [1.29, 1.82) is 0 Å². The van der Waals surface area contributed by atoms with E-state index in [-0.39, 0.29) is 11.4 Å². The van der Waals surface area contributed by atoms with Crippen molar-refractivity contribution in [1.82, 2.24) is 15.5 Å². The summed E-state index contributed by atoms with van der Waals surface area (Å²) in [6.45, 7) is 7.73. The Hall–Kier alpha value is -0.690. The van der Waals surface area contributed by atoms with Crippen molar-refractivity contribution in [2.45, 2.75) is 57.5 Å². The molecule has 20 heavy (non-hydrogen) atoms. The Morgan fingerprint density at radius 1 is 1.50 bits per heavy atom. The van der Waals surface area contributed by atoms with E-state index in [4.69, 9.17) is 0 Å². The Balaban J connectivity index is 1.98. The number of rotatable bonds is 5. The molecule has 0 aliphatic carbocycles. The van der Waals surface area contributed by atoms with E-state index in [1.165, 1.54) is 0 Å². The van der Waals surface area contributed by atoms with Crippen LogP contribution >= 0.6 is 0 Å². The molecular weight excluding hydrogens is 258 g/mol.